The summed E-state index contributed by atoms with van der Waals surface area (Å²) in [6.45, 7) is 0. The van der Waals surface area contributed by atoms with Crippen molar-refractivity contribution in [3.05, 3.63) is 29.3 Å². The van der Waals surface area contributed by atoms with E-state index in [1.807, 2.05) is 11.8 Å². The van der Waals surface area contributed by atoms with Crippen molar-refractivity contribution >= 4 is 11.8 Å². The van der Waals surface area contributed by atoms with Gasteiger partial charge in [0.25, 0.3) is 0 Å². The van der Waals surface area contributed by atoms with E-state index in [4.69, 9.17) is 4.74 Å². The number of hydrogen-bond acceptors (Lipinski definition) is 3. The van der Waals surface area contributed by atoms with E-state index in [-0.39, 0.29) is 0 Å². The molecule has 0 radical (unpaired) electrons. The van der Waals surface area contributed by atoms with E-state index in [9.17, 15) is 0 Å². The summed E-state index contributed by atoms with van der Waals surface area (Å²) in [5.41, 5.74) is 2.96. The van der Waals surface area contributed by atoms with Crippen LogP contribution in [0.5, 0.6) is 5.75 Å². The van der Waals surface area contributed by atoms with E-state index >= 15 is 0 Å². The largest absolute Gasteiger partial charge is 0.497 e. The predicted octanol–water partition coefficient (Wildman–Crippen LogP) is 3.56. The van der Waals surface area contributed by atoms with Crippen molar-refractivity contribution in [2.75, 3.05) is 13.4 Å². The van der Waals surface area contributed by atoms with Crippen LogP contribution in [0.25, 0.3) is 0 Å². The summed E-state index contributed by atoms with van der Waals surface area (Å²) >= 11 is 2.03. The third-order valence-electron chi connectivity index (χ3n) is 4.60. The highest BCUT2D eigenvalue weighted by atomic mass is 32.2. The molecule has 0 heterocycles. The predicted molar refractivity (Wildman–Crippen MR) is 82.1 cm³/mol. The minimum Gasteiger partial charge on any atom is -0.497 e. The van der Waals surface area contributed by atoms with Crippen molar-refractivity contribution in [2.24, 2.45) is 0 Å². The molecule has 2 aliphatic carbocycles. The Labute approximate surface area is 120 Å². The van der Waals surface area contributed by atoms with E-state index in [0.717, 1.165) is 11.0 Å². The standard InChI is InChI=1S/C16H23NOS/c1-18-12-8-6-11-7-9-14(13(11)10-12)17-15-4-3-5-16(15)19-2/h6,8,10,14-17H,3-5,7,9H2,1-2H3. The van der Waals surface area contributed by atoms with Gasteiger partial charge >= 0.3 is 0 Å². The Kier molecular flexibility index (Phi) is 4.04. The summed E-state index contributed by atoms with van der Waals surface area (Å²) in [6.07, 6.45) is 8.77. The van der Waals surface area contributed by atoms with Gasteiger partial charge in [-0.3, -0.25) is 0 Å². The Morgan fingerprint density at radius 2 is 2.16 bits per heavy atom. The van der Waals surface area contributed by atoms with Gasteiger partial charge in [-0.25, -0.2) is 0 Å². The first kappa shape index (κ1) is 13.3. The van der Waals surface area contributed by atoms with Crippen LogP contribution in [0, 0.1) is 0 Å². The Hall–Kier alpha value is -0.670. The normalized spacial score (nSPS) is 29.5. The molecule has 1 saturated carbocycles. The first-order chi connectivity index (χ1) is 9.31. The maximum Gasteiger partial charge on any atom is 0.119 e. The van der Waals surface area contributed by atoms with Crippen LogP contribution in [0.2, 0.25) is 0 Å². The average Bonchev–Trinajstić information content (AvgIpc) is 3.06. The Morgan fingerprint density at radius 3 is 2.95 bits per heavy atom. The first-order valence-electron chi connectivity index (χ1n) is 7.27. The third kappa shape index (κ3) is 2.63. The first-order valence-corrected chi connectivity index (χ1v) is 8.56. The van der Waals surface area contributed by atoms with E-state index in [2.05, 4.69) is 29.8 Å². The third-order valence-corrected chi connectivity index (χ3v) is 5.77. The lowest BCUT2D eigenvalue weighted by atomic mass is 10.1. The molecule has 0 aliphatic heterocycles. The molecular formula is C16H23NOS. The smallest absolute Gasteiger partial charge is 0.119 e. The van der Waals surface area contributed by atoms with Gasteiger partial charge in [0.1, 0.15) is 5.75 Å². The minimum atomic E-state index is 0.530. The number of nitrogens with one attached hydrogen (secondary N) is 1. The van der Waals surface area contributed by atoms with E-state index in [1.54, 1.807) is 7.11 Å². The lowest BCUT2D eigenvalue weighted by molar-refractivity contribution is 0.411. The van der Waals surface area contributed by atoms with Gasteiger partial charge in [0, 0.05) is 17.3 Å². The molecule has 104 valence electrons. The molecule has 19 heavy (non-hydrogen) atoms. The summed E-state index contributed by atoms with van der Waals surface area (Å²) in [5.74, 6) is 0.986. The fraction of sp³-hybridized carbons (Fsp3) is 0.625. The number of fused-ring (bicyclic) bond motifs is 1. The zero-order valence-corrected chi connectivity index (χ0v) is 12.6. The molecule has 1 aromatic carbocycles. The fourth-order valence-corrected chi connectivity index (χ4v) is 4.48. The van der Waals surface area contributed by atoms with Crippen molar-refractivity contribution in [1.82, 2.24) is 5.32 Å². The van der Waals surface area contributed by atoms with Gasteiger partial charge in [-0.2, -0.15) is 11.8 Å². The quantitative estimate of drug-likeness (QED) is 0.909. The summed E-state index contributed by atoms with van der Waals surface area (Å²) in [6, 6.07) is 7.76. The molecule has 3 atom stereocenters. The number of benzene rings is 1. The van der Waals surface area contributed by atoms with Crippen molar-refractivity contribution in [1.29, 1.82) is 0 Å². The zero-order chi connectivity index (χ0) is 13.2. The Morgan fingerprint density at radius 1 is 1.26 bits per heavy atom. The topological polar surface area (TPSA) is 21.3 Å². The van der Waals surface area contributed by atoms with Crippen molar-refractivity contribution in [3.8, 4) is 5.75 Å². The molecule has 0 aromatic heterocycles. The van der Waals surface area contributed by atoms with E-state index in [1.165, 1.54) is 43.2 Å². The average molecular weight is 277 g/mol. The highest BCUT2D eigenvalue weighted by Crippen LogP contribution is 2.37. The van der Waals surface area contributed by atoms with Crippen LogP contribution in [0.1, 0.15) is 42.9 Å². The van der Waals surface area contributed by atoms with Gasteiger partial charge in [-0.1, -0.05) is 12.5 Å². The van der Waals surface area contributed by atoms with Gasteiger partial charge in [0.15, 0.2) is 0 Å². The maximum atomic E-state index is 5.37. The maximum absolute atomic E-state index is 5.37. The number of thioether (sulfide) groups is 1. The second-order valence-electron chi connectivity index (χ2n) is 5.63. The monoisotopic (exact) mass is 277 g/mol. The minimum absolute atomic E-state index is 0.530. The van der Waals surface area contributed by atoms with E-state index < -0.39 is 0 Å². The van der Waals surface area contributed by atoms with Crippen molar-refractivity contribution in [3.63, 3.8) is 0 Å². The molecule has 1 fully saturated rings. The molecule has 3 rings (SSSR count). The molecule has 2 nitrogen and oxygen atoms in total. The van der Waals surface area contributed by atoms with Gasteiger partial charge in [0.2, 0.25) is 0 Å². The summed E-state index contributed by atoms with van der Waals surface area (Å²) in [4.78, 5) is 0. The number of rotatable bonds is 4. The van der Waals surface area contributed by atoms with Crippen LogP contribution >= 0.6 is 11.8 Å². The number of aryl methyl sites for hydroxylation is 1. The summed E-state index contributed by atoms with van der Waals surface area (Å²) in [5, 5.41) is 4.71. The van der Waals surface area contributed by atoms with Gasteiger partial charge < -0.3 is 10.1 Å². The number of hydrogen-bond donors (Lipinski definition) is 1. The molecule has 3 unspecified atom stereocenters. The van der Waals surface area contributed by atoms with Crippen LogP contribution in [-0.2, 0) is 6.42 Å². The molecule has 1 aromatic rings. The van der Waals surface area contributed by atoms with Crippen LogP contribution < -0.4 is 10.1 Å². The second kappa shape index (κ2) is 5.76. The molecule has 0 spiro atoms. The van der Waals surface area contributed by atoms with Crippen LogP contribution in [0.15, 0.2) is 18.2 Å². The van der Waals surface area contributed by atoms with Gasteiger partial charge in [-0.05, 0) is 55.2 Å². The molecular weight excluding hydrogens is 254 g/mol. The van der Waals surface area contributed by atoms with Crippen LogP contribution in [-0.4, -0.2) is 24.7 Å². The lowest BCUT2D eigenvalue weighted by Crippen LogP contribution is -2.36. The molecule has 3 heteroatoms. The van der Waals surface area contributed by atoms with Gasteiger partial charge in [0.05, 0.1) is 7.11 Å². The number of ether oxygens (including phenoxy) is 1. The lowest BCUT2D eigenvalue weighted by Gasteiger charge is -2.24. The highest BCUT2D eigenvalue weighted by molar-refractivity contribution is 7.99. The van der Waals surface area contributed by atoms with E-state index in [0.29, 0.717) is 12.1 Å². The second-order valence-corrected chi connectivity index (χ2v) is 6.71. The van der Waals surface area contributed by atoms with Crippen molar-refractivity contribution < 1.29 is 4.74 Å². The summed E-state index contributed by atoms with van der Waals surface area (Å²) < 4.78 is 5.37. The highest BCUT2D eigenvalue weighted by Gasteiger charge is 2.31. The molecule has 1 N–H and O–H groups in total. The SMILES string of the molecule is COc1ccc2c(c1)C(NC1CCCC1SC)CC2. The molecule has 0 bridgehead atoms. The van der Waals surface area contributed by atoms with Crippen LogP contribution in [0.3, 0.4) is 0 Å². The molecule has 2 aliphatic rings. The summed E-state index contributed by atoms with van der Waals surface area (Å²) in [7, 11) is 1.75. The molecule has 0 amide bonds. The van der Waals surface area contributed by atoms with Crippen molar-refractivity contribution in [2.45, 2.75) is 49.4 Å². The fourth-order valence-electron chi connectivity index (χ4n) is 3.54. The van der Waals surface area contributed by atoms with Gasteiger partial charge in [-0.15, -0.1) is 0 Å². The zero-order valence-electron chi connectivity index (χ0n) is 11.8. The molecule has 0 saturated heterocycles. The Balaban J connectivity index is 1.74. The Bertz CT molecular complexity index is 448. The van der Waals surface area contributed by atoms with Crippen LogP contribution in [0.4, 0.5) is 0 Å². The number of methoxy groups -OCH3 is 1.